The molecule has 2 unspecified atom stereocenters. The highest BCUT2D eigenvalue weighted by Crippen LogP contribution is 2.41. The van der Waals surface area contributed by atoms with Crippen molar-refractivity contribution in [2.45, 2.75) is 51.2 Å². The number of rotatable bonds is 7. The van der Waals surface area contributed by atoms with Crippen LogP contribution in [0.15, 0.2) is 48.5 Å². The number of alkyl halides is 5. The summed E-state index contributed by atoms with van der Waals surface area (Å²) in [4.78, 5) is 0. The lowest BCUT2D eigenvalue weighted by Crippen LogP contribution is -2.29. The number of ether oxygens (including phenoxy) is 2. The molecule has 0 radical (unpaired) electrons. The van der Waals surface area contributed by atoms with Crippen LogP contribution < -0.4 is 0 Å². The molecule has 1 saturated heterocycles. The quantitative estimate of drug-likeness (QED) is 0.267. The van der Waals surface area contributed by atoms with Gasteiger partial charge in [-0.3, -0.25) is 0 Å². The normalized spacial score (nSPS) is 18.4. The van der Waals surface area contributed by atoms with Crippen molar-refractivity contribution in [2.24, 2.45) is 5.92 Å². The Bertz CT molecular complexity index is 1270. The first-order valence-electron chi connectivity index (χ1n) is 12.1. The molecule has 2 atom stereocenters. The fraction of sp³-hybridized carbons (Fsp3) is 0.357. The standard InChI is InChI=1S/C28H23F9O2/c1-2-3-15-4-9-24(38-14-15)17-7-5-16(6-8-17)18-10-20(29)25(21(30)11-18)19-12-22(31)26(23(32)13-19)27(33,34)39-28(35,36)37/h5-8,10-13,15,24H,2-4,9,14H2,1H3. The Balaban J connectivity index is 1.58. The second-order valence-corrected chi connectivity index (χ2v) is 9.37. The van der Waals surface area contributed by atoms with Crippen molar-refractivity contribution in [1.82, 2.24) is 0 Å². The van der Waals surface area contributed by atoms with Crippen molar-refractivity contribution in [3.8, 4) is 22.3 Å². The summed E-state index contributed by atoms with van der Waals surface area (Å²) in [5.74, 6) is -6.36. The Hall–Kier alpha value is -3.05. The van der Waals surface area contributed by atoms with Gasteiger partial charge in [-0.05, 0) is 71.7 Å². The van der Waals surface area contributed by atoms with Crippen molar-refractivity contribution in [3.63, 3.8) is 0 Å². The lowest BCUT2D eigenvalue weighted by molar-refractivity contribution is -0.432. The molecular formula is C28H23F9O2. The van der Waals surface area contributed by atoms with E-state index in [1.165, 1.54) is 0 Å². The summed E-state index contributed by atoms with van der Waals surface area (Å²) in [6.45, 7) is 2.78. The Morgan fingerprint density at radius 3 is 1.82 bits per heavy atom. The molecular weight excluding hydrogens is 539 g/mol. The molecule has 210 valence electrons. The molecule has 0 aromatic heterocycles. The van der Waals surface area contributed by atoms with Crippen molar-refractivity contribution in [2.75, 3.05) is 6.61 Å². The summed E-state index contributed by atoms with van der Waals surface area (Å²) in [5.41, 5.74) is -2.69. The zero-order chi connectivity index (χ0) is 28.5. The van der Waals surface area contributed by atoms with E-state index in [0.29, 0.717) is 18.1 Å². The predicted octanol–water partition coefficient (Wildman–Crippen LogP) is 9.43. The molecule has 0 N–H and O–H groups in total. The second kappa shape index (κ2) is 11.2. The molecule has 1 aliphatic rings. The third kappa shape index (κ3) is 6.58. The summed E-state index contributed by atoms with van der Waals surface area (Å²) in [6, 6.07) is 8.83. The van der Waals surface area contributed by atoms with Crippen LogP contribution in [-0.2, 0) is 15.6 Å². The van der Waals surface area contributed by atoms with Crippen LogP contribution in [0.2, 0.25) is 0 Å². The highest BCUT2D eigenvalue weighted by atomic mass is 19.4. The highest BCUT2D eigenvalue weighted by molar-refractivity contribution is 5.72. The van der Waals surface area contributed by atoms with Gasteiger partial charge >= 0.3 is 12.5 Å². The van der Waals surface area contributed by atoms with Crippen molar-refractivity contribution < 1.29 is 49.0 Å². The molecule has 3 aromatic carbocycles. The predicted molar refractivity (Wildman–Crippen MR) is 125 cm³/mol. The third-order valence-corrected chi connectivity index (χ3v) is 6.59. The molecule has 2 nitrogen and oxygen atoms in total. The highest BCUT2D eigenvalue weighted by Gasteiger charge is 2.49. The minimum absolute atomic E-state index is 0.0929. The molecule has 4 rings (SSSR count). The van der Waals surface area contributed by atoms with E-state index in [0.717, 1.165) is 43.4 Å². The number of hydrogen-bond donors (Lipinski definition) is 0. The number of benzene rings is 3. The van der Waals surface area contributed by atoms with Gasteiger partial charge in [0, 0.05) is 0 Å². The maximum absolute atomic E-state index is 14.9. The Labute approximate surface area is 218 Å². The third-order valence-electron chi connectivity index (χ3n) is 6.59. The minimum Gasteiger partial charge on any atom is -0.373 e. The summed E-state index contributed by atoms with van der Waals surface area (Å²) in [5, 5.41) is 0. The van der Waals surface area contributed by atoms with Gasteiger partial charge in [-0.1, -0.05) is 37.6 Å². The van der Waals surface area contributed by atoms with Crippen molar-refractivity contribution in [3.05, 3.63) is 82.9 Å². The fourth-order valence-electron chi connectivity index (χ4n) is 4.80. The molecule has 1 heterocycles. The van der Waals surface area contributed by atoms with Crippen molar-refractivity contribution in [1.29, 1.82) is 0 Å². The molecule has 0 aliphatic carbocycles. The smallest absolute Gasteiger partial charge is 0.373 e. The Morgan fingerprint density at radius 2 is 1.33 bits per heavy atom. The van der Waals surface area contributed by atoms with Crippen molar-refractivity contribution >= 4 is 0 Å². The molecule has 0 amide bonds. The molecule has 3 aromatic rings. The molecule has 0 bridgehead atoms. The van der Waals surface area contributed by atoms with Gasteiger partial charge < -0.3 is 4.74 Å². The Morgan fingerprint density at radius 1 is 0.769 bits per heavy atom. The van der Waals surface area contributed by atoms with Gasteiger partial charge in [0.25, 0.3) is 0 Å². The van der Waals surface area contributed by atoms with E-state index in [4.69, 9.17) is 4.74 Å². The average molecular weight is 562 g/mol. The lowest BCUT2D eigenvalue weighted by atomic mass is 9.91. The van der Waals surface area contributed by atoms with Gasteiger partial charge in [0.2, 0.25) is 0 Å². The van der Waals surface area contributed by atoms with Gasteiger partial charge in [0.1, 0.15) is 28.8 Å². The second-order valence-electron chi connectivity index (χ2n) is 9.37. The van der Waals surface area contributed by atoms with E-state index in [9.17, 15) is 39.5 Å². The molecule has 0 spiro atoms. The van der Waals surface area contributed by atoms with Crippen LogP contribution >= 0.6 is 0 Å². The van der Waals surface area contributed by atoms with Crippen LogP contribution in [0.3, 0.4) is 0 Å². The van der Waals surface area contributed by atoms with Crippen LogP contribution in [0.5, 0.6) is 0 Å². The monoisotopic (exact) mass is 562 g/mol. The van der Waals surface area contributed by atoms with Gasteiger partial charge in [-0.15, -0.1) is 13.2 Å². The summed E-state index contributed by atoms with van der Waals surface area (Å²) >= 11 is 0. The van der Waals surface area contributed by atoms with Crippen LogP contribution in [0.1, 0.15) is 49.8 Å². The van der Waals surface area contributed by atoms with Gasteiger partial charge in [-0.2, -0.15) is 8.78 Å². The molecule has 1 fully saturated rings. The first-order chi connectivity index (χ1) is 18.3. The van der Waals surface area contributed by atoms with Crippen LogP contribution in [0, 0.1) is 29.2 Å². The van der Waals surface area contributed by atoms with Crippen LogP contribution in [0.4, 0.5) is 39.5 Å². The van der Waals surface area contributed by atoms with E-state index in [1.807, 2.05) is 0 Å². The van der Waals surface area contributed by atoms with Crippen LogP contribution in [-0.4, -0.2) is 13.0 Å². The van der Waals surface area contributed by atoms with Gasteiger partial charge in [0.15, 0.2) is 0 Å². The summed E-state index contributed by atoms with van der Waals surface area (Å²) < 4.78 is 131. The zero-order valence-corrected chi connectivity index (χ0v) is 20.5. The first kappa shape index (κ1) is 28.9. The number of halogens is 9. The van der Waals surface area contributed by atoms with E-state index >= 15 is 0 Å². The van der Waals surface area contributed by atoms with Gasteiger partial charge in [0.05, 0.1) is 18.3 Å². The van der Waals surface area contributed by atoms with Gasteiger partial charge in [-0.25, -0.2) is 22.3 Å². The largest absolute Gasteiger partial charge is 0.527 e. The van der Waals surface area contributed by atoms with E-state index < -0.39 is 52.4 Å². The molecule has 39 heavy (non-hydrogen) atoms. The maximum Gasteiger partial charge on any atom is 0.527 e. The Kier molecular flexibility index (Phi) is 8.32. The summed E-state index contributed by atoms with van der Waals surface area (Å²) in [7, 11) is 0. The maximum atomic E-state index is 14.9. The number of hydrogen-bond acceptors (Lipinski definition) is 2. The van der Waals surface area contributed by atoms with E-state index in [2.05, 4.69) is 11.7 Å². The lowest BCUT2D eigenvalue weighted by Gasteiger charge is -2.29. The zero-order valence-electron chi connectivity index (χ0n) is 20.5. The molecule has 11 heteroatoms. The topological polar surface area (TPSA) is 18.5 Å². The molecule has 1 aliphatic heterocycles. The average Bonchev–Trinajstić information content (AvgIpc) is 2.82. The van der Waals surface area contributed by atoms with E-state index in [-0.39, 0.29) is 23.8 Å². The molecule has 0 saturated carbocycles. The van der Waals surface area contributed by atoms with E-state index in [1.54, 1.807) is 24.3 Å². The SMILES string of the molecule is CCCC1CCC(c2ccc(-c3cc(F)c(-c4cc(F)c(C(F)(F)OC(F)(F)F)c(F)c4)c(F)c3)cc2)OC1. The van der Waals surface area contributed by atoms with Crippen LogP contribution in [0.25, 0.3) is 22.3 Å². The minimum atomic E-state index is -5.91. The first-order valence-corrected chi connectivity index (χ1v) is 12.1. The fourth-order valence-corrected chi connectivity index (χ4v) is 4.80. The summed E-state index contributed by atoms with van der Waals surface area (Å²) in [6.07, 6.45) is -7.35.